The van der Waals surface area contributed by atoms with Crippen molar-refractivity contribution in [2.24, 2.45) is 0 Å². The first-order valence-corrected chi connectivity index (χ1v) is 8.20. The number of amides is 1. The molecule has 0 radical (unpaired) electrons. The Hall–Kier alpha value is -2.89. The lowest BCUT2D eigenvalue weighted by atomic mass is 10.0. The molecule has 0 aliphatic carbocycles. The Morgan fingerprint density at radius 1 is 1.12 bits per heavy atom. The molecule has 1 aromatic carbocycles. The van der Waals surface area contributed by atoms with E-state index in [9.17, 15) is 4.79 Å². The van der Waals surface area contributed by atoms with Gasteiger partial charge in [-0.05, 0) is 31.0 Å². The molecule has 1 aliphatic heterocycles. The molecule has 1 aliphatic rings. The van der Waals surface area contributed by atoms with E-state index in [1.165, 1.54) is 5.69 Å². The zero-order valence-electron chi connectivity index (χ0n) is 13.3. The van der Waals surface area contributed by atoms with Crippen LogP contribution in [0.5, 0.6) is 0 Å². The smallest absolute Gasteiger partial charge is 0.271 e. The summed E-state index contributed by atoms with van der Waals surface area (Å²) in [6.45, 7) is 1.89. The molecule has 4 rings (SSSR count). The van der Waals surface area contributed by atoms with E-state index in [-0.39, 0.29) is 11.9 Å². The fourth-order valence-corrected chi connectivity index (χ4v) is 3.12. The van der Waals surface area contributed by atoms with Gasteiger partial charge >= 0.3 is 0 Å². The molecule has 24 heavy (non-hydrogen) atoms. The predicted molar refractivity (Wildman–Crippen MR) is 92.1 cm³/mol. The molecule has 3 aromatic rings. The van der Waals surface area contributed by atoms with Crippen LogP contribution in [0.15, 0.2) is 55.0 Å². The lowest BCUT2D eigenvalue weighted by Gasteiger charge is -2.33. The summed E-state index contributed by atoms with van der Waals surface area (Å²) in [5.74, 6) is 0.417. The van der Waals surface area contributed by atoms with Gasteiger partial charge in [-0.3, -0.25) is 9.20 Å². The van der Waals surface area contributed by atoms with Gasteiger partial charge in [-0.2, -0.15) is 0 Å². The Labute approximate surface area is 140 Å². The molecule has 6 heteroatoms. The van der Waals surface area contributed by atoms with Crippen LogP contribution in [0.3, 0.4) is 0 Å². The zero-order chi connectivity index (χ0) is 16.4. The van der Waals surface area contributed by atoms with Crippen LogP contribution in [0.2, 0.25) is 0 Å². The summed E-state index contributed by atoms with van der Waals surface area (Å²) in [6.07, 6.45) is 7.10. The topological polar surface area (TPSA) is 62.5 Å². The van der Waals surface area contributed by atoms with Crippen LogP contribution in [-0.4, -0.2) is 39.4 Å². The summed E-state index contributed by atoms with van der Waals surface area (Å²) in [4.78, 5) is 23.2. The molecular weight excluding hydrogens is 302 g/mol. The van der Waals surface area contributed by atoms with Gasteiger partial charge in [-0.1, -0.05) is 18.2 Å². The largest absolute Gasteiger partial charge is 0.371 e. The van der Waals surface area contributed by atoms with E-state index < -0.39 is 0 Å². The molecule has 3 heterocycles. The number of rotatable bonds is 3. The summed E-state index contributed by atoms with van der Waals surface area (Å²) in [5, 5.41) is 3.10. The SMILES string of the molecule is O=C(NC1CCN(c2ccccc2)CC1)c1cn2cccnc2n1. The third kappa shape index (κ3) is 2.95. The summed E-state index contributed by atoms with van der Waals surface area (Å²) in [5.41, 5.74) is 1.66. The quantitative estimate of drug-likeness (QED) is 0.803. The van der Waals surface area contributed by atoms with E-state index in [1.807, 2.05) is 18.3 Å². The number of piperidine rings is 1. The first-order valence-electron chi connectivity index (χ1n) is 8.20. The van der Waals surface area contributed by atoms with Crippen LogP contribution in [0.25, 0.3) is 5.78 Å². The highest BCUT2D eigenvalue weighted by atomic mass is 16.2. The van der Waals surface area contributed by atoms with Crippen LogP contribution >= 0.6 is 0 Å². The third-order valence-corrected chi connectivity index (χ3v) is 4.42. The van der Waals surface area contributed by atoms with Gasteiger partial charge in [0.15, 0.2) is 0 Å². The van der Waals surface area contributed by atoms with E-state index in [0.717, 1.165) is 25.9 Å². The number of fused-ring (bicyclic) bond motifs is 1. The van der Waals surface area contributed by atoms with Crippen molar-refractivity contribution in [2.75, 3.05) is 18.0 Å². The standard InChI is InChI=1S/C18H19N5O/c24-17(16-13-23-10-4-9-19-18(23)21-16)20-14-7-11-22(12-8-14)15-5-2-1-3-6-15/h1-6,9-10,13-14H,7-8,11-12H2,(H,20,24). The van der Waals surface area contributed by atoms with E-state index >= 15 is 0 Å². The van der Waals surface area contributed by atoms with Gasteiger partial charge in [0.05, 0.1) is 0 Å². The van der Waals surface area contributed by atoms with Crippen molar-refractivity contribution in [3.05, 3.63) is 60.7 Å². The van der Waals surface area contributed by atoms with Gasteiger partial charge < -0.3 is 10.2 Å². The Kier molecular flexibility index (Phi) is 3.86. The molecule has 0 spiro atoms. The number of hydrogen-bond acceptors (Lipinski definition) is 4. The van der Waals surface area contributed by atoms with Crippen molar-refractivity contribution in [2.45, 2.75) is 18.9 Å². The molecule has 0 unspecified atom stereocenters. The van der Waals surface area contributed by atoms with Gasteiger partial charge in [-0.25, -0.2) is 9.97 Å². The summed E-state index contributed by atoms with van der Waals surface area (Å²) < 4.78 is 1.76. The summed E-state index contributed by atoms with van der Waals surface area (Å²) in [7, 11) is 0. The van der Waals surface area contributed by atoms with Crippen molar-refractivity contribution in [1.29, 1.82) is 0 Å². The second-order valence-electron chi connectivity index (χ2n) is 6.02. The molecule has 0 saturated carbocycles. The number of nitrogens with one attached hydrogen (secondary N) is 1. The average molecular weight is 321 g/mol. The van der Waals surface area contributed by atoms with Gasteiger partial charge in [0.2, 0.25) is 5.78 Å². The lowest BCUT2D eigenvalue weighted by molar-refractivity contribution is 0.0926. The van der Waals surface area contributed by atoms with Crippen LogP contribution in [0.4, 0.5) is 5.69 Å². The maximum atomic E-state index is 12.4. The number of anilines is 1. The van der Waals surface area contributed by atoms with Gasteiger partial charge in [0, 0.05) is 43.4 Å². The minimum absolute atomic E-state index is 0.126. The van der Waals surface area contributed by atoms with Crippen LogP contribution < -0.4 is 10.2 Å². The maximum Gasteiger partial charge on any atom is 0.271 e. The van der Waals surface area contributed by atoms with E-state index in [4.69, 9.17) is 0 Å². The number of aromatic nitrogens is 3. The molecule has 1 N–H and O–H groups in total. The average Bonchev–Trinajstić information content (AvgIpc) is 3.07. The van der Waals surface area contributed by atoms with Gasteiger partial charge in [0.1, 0.15) is 5.69 Å². The molecule has 0 bridgehead atoms. The first-order chi connectivity index (χ1) is 11.8. The monoisotopic (exact) mass is 321 g/mol. The number of carbonyl (C=O) groups excluding carboxylic acids is 1. The second-order valence-corrected chi connectivity index (χ2v) is 6.02. The van der Waals surface area contributed by atoms with Gasteiger partial charge in [-0.15, -0.1) is 0 Å². The van der Waals surface area contributed by atoms with Crippen molar-refractivity contribution < 1.29 is 4.79 Å². The number of hydrogen-bond donors (Lipinski definition) is 1. The number of nitrogens with zero attached hydrogens (tertiary/aromatic N) is 4. The van der Waals surface area contributed by atoms with Crippen molar-refractivity contribution in [1.82, 2.24) is 19.7 Å². The Morgan fingerprint density at radius 3 is 2.67 bits per heavy atom. The van der Waals surface area contributed by atoms with E-state index in [2.05, 4.69) is 44.5 Å². The molecular formula is C18H19N5O. The van der Waals surface area contributed by atoms with Crippen molar-refractivity contribution in [3.8, 4) is 0 Å². The van der Waals surface area contributed by atoms with Gasteiger partial charge in [0.25, 0.3) is 5.91 Å². The fraction of sp³-hybridized carbons (Fsp3) is 0.278. The number of imidazole rings is 1. The third-order valence-electron chi connectivity index (χ3n) is 4.42. The molecule has 1 fully saturated rings. The number of para-hydroxylation sites is 1. The lowest BCUT2D eigenvalue weighted by Crippen LogP contribution is -2.44. The number of benzene rings is 1. The Balaban J connectivity index is 1.37. The highest BCUT2D eigenvalue weighted by Crippen LogP contribution is 2.19. The zero-order valence-corrected chi connectivity index (χ0v) is 13.3. The van der Waals surface area contributed by atoms with Crippen LogP contribution in [0, 0.1) is 0 Å². The fourth-order valence-electron chi connectivity index (χ4n) is 3.12. The van der Waals surface area contributed by atoms with Crippen LogP contribution in [0.1, 0.15) is 23.3 Å². The highest BCUT2D eigenvalue weighted by molar-refractivity contribution is 5.92. The number of carbonyl (C=O) groups is 1. The normalized spacial score (nSPS) is 15.6. The maximum absolute atomic E-state index is 12.4. The minimum Gasteiger partial charge on any atom is -0.371 e. The second kappa shape index (κ2) is 6.31. The predicted octanol–water partition coefficient (Wildman–Crippen LogP) is 2.13. The minimum atomic E-state index is -0.126. The van der Waals surface area contributed by atoms with Crippen molar-refractivity contribution >= 4 is 17.4 Å². The molecule has 122 valence electrons. The van der Waals surface area contributed by atoms with E-state index in [1.54, 1.807) is 16.8 Å². The van der Waals surface area contributed by atoms with E-state index in [0.29, 0.717) is 11.5 Å². The molecule has 6 nitrogen and oxygen atoms in total. The molecule has 1 amide bonds. The van der Waals surface area contributed by atoms with Crippen LogP contribution in [-0.2, 0) is 0 Å². The summed E-state index contributed by atoms with van der Waals surface area (Å²) >= 11 is 0. The summed E-state index contributed by atoms with van der Waals surface area (Å²) in [6, 6.07) is 12.4. The Morgan fingerprint density at radius 2 is 1.92 bits per heavy atom. The molecule has 2 aromatic heterocycles. The Bertz CT molecular complexity index is 804. The molecule has 1 saturated heterocycles. The van der Waals surface area contributed by atoms with Crippen molar-refractivity contribution in [3.63, 3.8) is 0 Å². The first kappa shape index (κ1) is 14.7. The highest BCUT2D eigenvalue weighted by Gasteiger charge is 2.22. The molecule has 0 atom stereocenters.